The van der Waals surface area contributed by atoms with E-state index in [9.17, 15) is 0 Å². The number of hydrogen-bond donors (Lipinski definition) is 0. The zero-order valence-corrected chi connectivity index (χ0v) is 36.6. The predicted octanol–water partition coefficient (Wildman–Crippen LogP) is 16.6. The molecule has 13 rings (SSSR count). The summed E-state index contributed by atoms with van der Waals surface area (Å²) in [6, 6.07) is 89.0. The zero-order chi connectivity index (χ0) is 47.0. The van der Waals surface area contributed by atoms with Crippen molar-refractivity contribution in [3.05, 3.63) is 305 Å². The largest absolute Gasteiger partial charge is 0.464 e. The van der Waals surface area contributed by atoms with Crippen LogP contribution in [0.1, 0.15) is 54.2 Å². The second-order valence-corrected chi connectivity index (χ2v) is 17.8. The lowest BCUT2D eigenvalue weighted by atomic mass is 9.67. The van der Waals surface area contributed by atoms with Crippen LogP contribution in [0, 0.1) is 6.85 Å². The topological polar surface area (TPSA) is 16.4 Å². The van der Waals surface area contributed by atoms with E-state index < -0.39 is 17.7 Å². The zero-order valence-electron chi connectivity index (χ0n) is 39.6. The highest BCUT2D eigenvalue weighted by molar-refractivity contribution is 5.93. The van der Waals surface area contributed by atoms with E-state index >= 15 is 0 Å². The number of hydrogen-bond acceptors (Lipinski definition) is 2. The molecule has 0 amide bonds. The van der Waals surface area contributed by atoms with E-state index in [2.05, 4.69) is 217 Å². The average Bonchev–Trinajstić information content (AvgIpc) is 4.10. The lowest BCUT2D eigenvalue weighted by Gasteiger charge is -2.36. The van der Waals surface area contributed by atoms with Gasteiger partial charge in [0.05, 0.1) is 17.1 Å². The first-order valence-electron chi connectivity index (χ1n) is 24.5. The number of fused-ring (bicyclic) bond motifs is 7. The summed E-state index contributed by atoms with van der Waals surface area (Å²) in [5.74, 6) is 0. The molecule has 10 aromatic carbocycles. The van der Waals surface area contributed by atoms with Gasteiger partial charge in [0.25, 0.3) is 0 Å². The third kappa shape index (κ3) is 5.83. The Bertz CT molecular complexity index is 3710. The quantitative estimate of drug-likeness (QED) is 0.151. The molecule has 1 heterocycles. The molecule has 0 N–H and O–H groups in total. The van der Waals surface area contributed by atoms with Crippen molar-refractivity contribution in [2.75, 3.05) is 4.90 Å². The van der Waals surface area contributed by atoms with Crippen LogP contribution in [0.2, 0.25) is 0 Å². The first-order chi connectivity index (χ1) is 34.3. The normalized spacial score (nSPS) is 16.0. The SMILES string of the molecule is [2H]C([2H])([2H])c1ccc(C2(c3ccccc3)c3ccccc3-c3ccc(N(c4ccc(-c5ccc6occc6c5)cc4)c4ccc5c(c4)C(c4ccccc4)(c4ccccc4)c4ccccc4-5)cc32)cc1. The van der Waals surface area contributed by atoms with Crippen LogP contribution in [-0.2, 0) is 10.8 Å². The molecule has 2 heteroatoms. The summed E-state index contributed by atoms with van der Waals surface area (Å²) in [6.07, 6.45) is 1.74. The van der Waals surface area contributed by atoms with Gasteiger partial charge in [-0.3, -0.25) is 0 Å². The maximum atomic E-state index is 8.26. The van der Waals surface area contributed by atoms with Gasteiger partial charge in [0.2, 0.25) is 0 Å². The van der Waals surface area contributed by atoms with Crippen LogP contribution in [0.25, 0.3) is 44.3 Å². The maximum Gasteiger partial charge on any atom is 0.133 e. The summed E-state index contributed by atoms with van der Waals surface area (Å²) >= 11 is 0. The first kappa shape index (κ1) is 35.8. The molecule has 1 aromatic heterocycles. The third-order valence-corrected chi connectivity index (χ3v) is 14.4. The molecule has 11 aromatic rings. The van der Waals surface area contributed by atoms with Crippen LogP contribution in [-0.4, -0.2) is 0 Å². The van der Waals surface area contributed by atoms with Gasteiger partial charge < -0.3 is 9.32 Å². The van der Waals surface area contributed by atoms with E-state index in [-0.39, 0.29) is 0 Å². The highest BCUT2D eigenvalue weighted by Crippen LogP contribution is 2.59. The van der Waals surface area contributed by atoms with Gasteiger partial charge in [-0.15, -0.1) is 0 Å². The Hall–Kier alpha value is -8.46. The van der Waals surface area contributed by atoms with Crippen LogP contribution < -0.4 is 4.90 Å². The van der Waals surface area contributed by atoms with Crippen LogP contribution in [0.4, 0.5) is 17.1 Å². The van der Waals surface area contributed by atoms with Crippen molar-refractivity contribution in [2.45, 2.75) is 17.7 Å². The molecule has 0 saturated carbocycles. The third-order valence-electron chi connectivity index (χ3n) is 14.4. The van der Waals surface area contributed by atoms with Gasteiger partial charge in [-0.05, 0) is 139 Å². The van der Waals surface area contributed by atoms with E-state index in [0.717, 1.165) is 72.5 Å². The molecule has 0 radical (unpaired) electrons. The van der Waals surface area contributed by atoms with Crippen molar-refractivity contribution in [3.8, 4) is 33.4 Å². The Labute approximate surface area is 395 Å². The monoisotopic (exact) mass is 858 g/mol. The predicted molar refractivity (Wildman–Crippen MR) is 276 cm³/mol. The van der Waals surface area contributed by atoms with Crippen molar-refractivity contribution in [3.63, 3.8) is 0 Å². The van der Waals surface area contributed by atoms with Crippen molar-refractivity contribution < 1.29 is 8.53 Å². The van der Waals surface area contributed by atoms with Crippen LogP contribution in [0.15, 0.2) is 259 Å². The molecule has 0 saturated heterocycles. The van der Waals surface area contributed by atoms with Gasteiger partial charge in [-0.2, -0.15) is 0 Å². The summed E-state index contributed by atoms with van der Waals surface area (Å²) in [5.41, 5.74) is 19.2. The fourth-order valence-corrected chi connectivity index (χ4v) is 11.6. The highest BCUT2D eigenvalue weighted by atomic mass is 16.3. The molecule has 1 atom stereocenters. The Kier molecular flexibility index (Phi) is 8.20. The van der Waals surface area contributed by atoms with Crippen molar-refractivity contribution >= 4 is 28.0 Å². The minimum atomic E-state index is -2.23. The molecule has 0 fully saturated rings. The minimum absolute atomic E-state index is 0.319. The molecule has 0 bridgehead atoms. The number of benzene rings is 10. The molecule has 0 spiro atoms. The molecule has 1 unspecified atom stereocenters. The molecular weight excluding hydrogens is 811 g/mol. The van der Waals surface area contributed by atoms with Gasteiger partial charge in [-0.1, -0.05) is 200 Å². The van der Waals surface area contributed by atoms with Crippen LogP contribution >= 0.6 is 0 Å². The highest BCUT2D eigenvalue weighted by Gasteiger charge is 2.48. The van der Waals surface area contributed by atoms with Gasteiger partial charge in [0, 0.05) is 26.6 Å². The summed E-state index contributed by atoms with van der Waals surface area (Å²) in [7, 11) is 0. The fraction of sp³-hybridized carbons (Fsp3) is 0.0462. The average molecular weight is 859 g/mol. The summed E-state index contributed by atoms with van der Waals surface area (Å²) < 4.78 is 30.5. The van der Waals surface area contributed by atoms with Gasteiger partial charge >= 0.3 is 0 Å². The maximum absolute atomic E-state index is 8.26. The van der Waals surface area contributed by atoms with Crippen LogP contribution in [0.5, 0.6) is 0 Å². The van der Waals surface area contributed by atoms with Crippen molar-refractivity contribution in [1.29, 1.82) is 0 Å². The standard InChI is InChI=1S/C65H45NO/c1-44-25-30-51(31-26-44)65(50-19-9-4-10-20-50)60-24-14-12-22-56(60)58-37-35-54(43-62(58)65)66(52-32-27-45(28-33-52)46-29-38-63-47(41-46)39-40-67-63)53-34-36-57-55-21-11-13-23-59(55)64(61(57)42-53,48-15-5-2-6-16-48)49-17-7-3-8-18-49/h2-43H,1H3/i1D3. The Morgan fingerprint density at radius 3 is 1.33 bits per heavy atom. The Morgan fingerprint density at radius 2 is 0.806 bits per heavy atom. The molecular formula is C65H45NO. The number of anilines is 3. The number of nitrogens with zero attached hydrogens (tertiary/aromatic N) is 1. The lowest BCUT2D eigenvalue weighted by Crippen LogP contribution is -2.29. The van der Waals surface area contributed by atoms with Crippen LogP contribution in [0.3, 0.4) is 0 Å². The van der Waals surface area contributed by atoms with Gasteiger partial charge in [-0.25, -0.2) is 0 Å². The first-order valence-corrected chi connectivity index (χ1v) is 23.0. The number of aryl methyl sites for hydroxylation is 1. The van der Waals surface area contributed by atoms with Gasteiger partial charge in [0.15, 0.2) is 0 Å². The Morgan fingerprint density at radius 1 is 0.358 bits per heavy atom. The Balaban J connectivity index is 1.06. The van der Waals surface area contributed by atoms with E-state index in [1.807, 2.05) is 24.3 Å². The second kappa shape index (κ2) is 15.3. The molecule has 67 heavy (non-hydrogen) atoms. The molecule has 316 valence electrons. The van der Waals surface area contributed by atoms with E-state index in [0.29, 0.717) is 5.56 Å². The van der Waals surface area contributed by atoms with E-state index in [4.69, 9.17) is 8.53 Å². The molecule has 2 nitrogen and oxygen atoms in total. The summed E-state index contributed by atoms with van der Waals surface area (Å²) in [5, 5.41) is 1.07. The molecule has 0 aliphatic heterocycles. The summed E-state index contributed by atoms with van der Waals surface area (Å²) in [6.45, 7) is -2.23. The number of furan rings is 1. The lowest BCUT2D eigenvalue weighted by molar-refractivity contribution is 0.616. The minimum Gasteiger partial charge on any atom is -0.464 e. The fourth-order valence-electron chi connectivity index (χ4n) is 11.6. The van der Waals surface area contributed by atoms with E-state index in [1.54, 1.807) is 18.4 Å². The summed E-state index contributed by atoms with van der Waals surface area (Å²) in [4.78, 5) is 2.41. The number of rotatable bonds is 8. The van der Waals surface area contributed by atoms with E-state index in [1.165, 1.54) is 33.4 Å². The van der Waals surface area contributed by atoms with Crippen molar-refractivity contribution in [1.82, 2.24) is 0 Å². The second-order valence-electron chi connectivity index (χ2n) is 17.8. The molecule has 2 aliphatic carbocycles. The molecule has 2 aliphatic rings. The van der Waals surface area contributed by atoms with Gasteiger partial charge in [0.1, 0.15) is 5.58 Å². The van der Waals surface area contributed by atoms with Crippen molar-refractivity contribution in [2.24, 2.45) is 0 Å². The smallest absolute Gasteiger partial charge is 0.133 e.